The molecule has 0 radical (unpaired) electrons. The summed E-state index contributed by atoms with van der Waals surface area (Å²) < 4.78 is 11.2. The second kappa shape index (κ2) is 13.9. The molecule has 0 fully saturated rings. The van der Waals surface area contributed by atoms with Crippen LogP contribution in [0.1, 0.15) is 36.5 Å². The van der Waals surface area contributed by atoms with Gasteiger partial charge in [-0.1, -0.05) is 73.5 Å². The van der Waals surface area contributed by atoms with Crippen LogP contribution in [0.25, 0.3) is 0 Å². The average Bonchev–Trinajstić information content (AvgIpc) is 2.91. The number of hydrogen-bond acceptors (Lipinski definition) is 4. The second-order valence-corrected chi connectivity index (χ2v) is 8.82. The molecule has 0 aliphatic carbocycles. The Morgan fingerprint density at radius 1 is 0.917 bits per heavy atom. The summed E-state index contributed by atoms with van der Waals surface area (Å²) in [7, 11) is 1.61. The van der Waals surface area contributed by atoms with Crippen LogP contribution < -0.4 is 14.8 Å². The van der Waals surface area contributed by atoms with E-state index in [0.717, 1.165) is 29.5 Å². The Bertz CT molecular complexity index is 1100. The molecule has 0 aliphatic heterocycles. The SMILES string of the molecule is CCCCNC(=O)C(Cc1ccccc1)N(Cc1cccc(OC)c1)C(=O)COc1ccc(C)cc1. The normalized spacial score (nSPS) is 11.4. The maximum absolute atomic E-state index is 13.6. The number of nitrogens with one attached hydrogen (secondary N) is 1. The van der Waals surface area contributed by atoms with Gasteiger partial charge in [-0.05, 0) is 48.7 Å². The molecule has 1 unspecified atom stereocenters. The number of hydrogen-bond donors (Lipinski definition) is 1. The number of benzene rings is 3. The Kier molecular flexibility index (Phi) is 10.4. The number of unbranched alkanes of at least 4 members (excludes halogenated alkanes) is 1. The molecule has 36 heavy (non-hydrogen) atoms. The summed E-state index contributed by atoms with van der Waals surface area (Å²) in [5.74, 6) is 0.883. The highest BCUT2D eigenvalue weighted by Gasteiger charge is 2.30. The molecule has 0 spiro atoms. The molecule has 6 nitrogen and oxygen atoms in total. The predicted molar refractivity (Wildman–Crippen MR) is 142 cm³/mol. The third-order valence-corrected chi connectivity index (χ3v) is 5.97. The van der Waals surface area contributed by atoms with E-state index in [1.54, 1.807) is 12.0 Å². The van der Waals surface area contributed by atoms with Gasteiger partial charge in [0.05, 0.1) is 7.11 Å². The number of rotatable bonds is 13. The van der Waals surface area contributed by atoms with E-state index in [0.29, 0.717) is 24.5 Å². The zero-order valence-corrected chi connectivity index (χ0v) is 21.4. The van der Waals surface area contributed by atoms with Gasteiger partial charge in [-0.2, -0.15) is 0 Å². The van der Waals surface area contributed by atoms with Crippen molar-refractivity contribution in [3.8, 4) is 11.5 Å². The molecule has 3 aromatic rings. The zero-order valence-electron chi connectivity index (χ0n) is 21.4. The molecule has 3 rings (SSSR count). The lowest BCUT2D eigenvalue weighted by Gasteiger charge is -2.31. The molecule has 0 aliphatic rings. The second-order valence-electron chi connectivity index (χ2n) is 8.82. The van der Waals surface area contributed by atoms with E-state index in [2.05, 4.69) is 12.2 Å². The van der Waals surface area contributed by atoms with Gasteiger partial charge in [-0.15, -0.1) is 0 Å². The fourth-order valence-electron chi connectivity index (χ4n) is 3.89. The first kappa shape index (κ1) is 26.8. The summed E-state index contributed by atoms with van der Waals surface area (Å²) in [5, 5.41) is 3.03. The maximum Gasteiger partial charge on any atom is 0.261 e. The molecule has 0 aromatic heterocycles. The van der Waals surface area contributed by atoms with Crippen LogP contribution in [-0.4, -0.2) is 43.0 Å². The summed E-state index contributed by atoms with van der Waals surface area (Å²) in [6.07, 6.45) is 2.25. The van der Waals surface area contributed by atoms with Crippen LogP contribution in [-0.2, 0) is 22.6 Å². The van der Waals surface area contributed by atoms with Gasteiger partial charge in [0.1, 0.15) is 17.5 Å². The fraction of sp³-hybridized carbons (Fsp3) is 0.333. The lowest BCUT2D eigenvalue weighted by molar-refractivity contribution is -0.142. The highest BCUT2D eigenvalue weighted by Crippen LogP contribution is 2.19. The van der Waals surface area contributed by atoms with Crippen molar-refractivity contribution in [1.82, 2.24) is 10.2 Å². The third-order valence-electron chi connectivity index (χ3n) is 5.97. The highest BCUT2D eigenvalue weighted by atomic mass is 16.5. The Balaban J connectivity index is 1.89. The lowest BCUT2D eigenvalue weighted by atomic mass is 10.0. The average molecular weight is 489 g/mol. The van der Waals surface area contributed by atoms with Crippen LogP contribution in [0.4, 0.5) is 0 Å². The molecular weight excluding hydrogens is 452 g/mol. The van der Waals surface area contributed by atoms with Crippen molar-refractivity contribution in [3.05, 3.63) is 95.6 Å². The minimum atomic E-state index is -0.690. The Hall–Kier alpha value is -3.80. The molecule has 0 heterocycles. The first-order valence-corrected chi connectivity index (χ1v) is 12.4. The van der Waals surface area contributed by atoms with Gasteiger partial charge in [0.25, 0.3) is 5.91 Å². The summed E-state index contributed by atoms with van der Waals surface area (Å²) in [6.45, 7) is 4.74. The molecule has 1 N–H and O–H groups in total. The fourth-order valence-corrected chi connectivity index (χ4v) is 3.89. The molecule has 3 aromatic carbocycles. The van der Waals surface area contributed by atoms with Crippen LogP contribution in [0.2, 0.25) is 0 Å². The van der Waals surface area contributed by atoms with Crippen molar-refractivity contribution >= 4 is 11.8 Å². The molecule has 0 saturated carbocycles. The van der Waals surface area contributed by atoms with E-state index in [4.69, 9.17) is 9.47 Å². The Morgan fingerprint density at radius 3 is 2.33 bits per heavy atom. The third kappa shape index (κ3) is 8.15. The minimum absolute atomic E-state index is 0.166. The van der Waals surface area contributed by atoms with Gasteiger partial charge in [-0.3, -0.25) is 9.59 Å². The van der Waals surface area contributed by atoms with E-state index in [1.807, 2.05) is 85.8 Å². The number of carbonyl (C=O) groups is 2. The first-order valence-electron chi connectivity index (χ1n) is 12.4. The van der Waals surface area contributed by atoms with E-state index >= 15 is 0 Å². The van der Waals surface area contributed by atoms with Crippen LogP contribution in [0.3, 0.4) is 0 Å². The molecule has 0 saturated heterocycles. The van der Waals surface area contributed by atoms with Gasteiger partial charge in [0.15, 0.2) is 6.61 Å². The number of nitrogens with zero attached hydrogens (tertiary/aromatic N) is 1. The van der Waals surface area contributed by atoms with E-state index in [1.165, 1.54) is 0 Å². The molecule has 0 bridgehead atoms. The van der Waals surface area contributed by atoms with Gasteiger partial charge in [-0.25, -0.2) is 0 Å². The molecular formula is C30H36N2O4. The molecule has 2 amide bonds. The van der Waals surface area contributed by atoms with Gasteiger partial charge in [0, 0.05) is 19.5 Å². The monoisotopic (exact) mass is 488 g/mol. The molecule has 190 valence electrons. The zero-order chi connectivity index (χ0) is 25.8. The Labute approximate surface area is 214 Å². The van der Waals surface area contributed by atoms with Gasteiger partial charge >= 0.3 is 0 Å². The number of amides is 2. The largest absolute Gasteiger partial charge is 0.497 e. The topological polar surface area (TPSA) is 67.9 Å². The van der Waals surface area contributed by atoms with Crippen LogP contribution in [0, 0.1) is 6.92 Å². The maximum atomic E-state index is 13.6. The molecule has 6 heteroatoms. The van der Waals surface area contributed by atoms with Crippen LogP contribution in [0.5, 0.6) is 11.5 Å². The predicted octanol–water partition coefficient (Wildman–Crippen LogP) is 4.94. The van der Waals surface area contributed by atoms with E-state index in [9.17, 15) is 9.59 Å². The van der Waals surface area contributed by atoms with Crippen molar-refractivity contribution < 1.29 is 19.1 Å². The summed E-state index contributed by atoms with van der Waals surface area (Å²) in [5.41, 5.74) is 2.97. The standard InChI is InChI=1S/C30H36N2O4/c1-4-5-18-31-30(34)28(20-24-10-7-6-8-11-24)32(21-25-12-9-13-27(19-25)35-3)29(33)22-36-26-16-14-23(2)15-17-26/h6-17,19,28H,4-5,18,20-22H2,1-3H3,(H,31,34). The number of methoxy groups -OCH3 is 1. The minimum Gasteiger partial charge on any atom is -0.497 e. The van der Waals surface area contributed by atoms with Crippen molar-refractivity contribution in [2.24, 2.45) is 0 Å². The van der Waals surface area contributed by atoms with Gasteiger partial charge < -0.3 is 19.7 Å². The highest BCUT2D eigenvalue weighted by molar-refractivity contribution is 5.88. The molecule has 1 atom stereocenters. The first-order chi connectivity index (χ1) is 17.5. The smallest absolute Gasteiger partial charge is 0.261 e. The number of aryl methyl sites for hydroxylation is 1. The quantitative estimate of drug-likeness (QED) is 0.346. The summed E-state index contributed by atoms with van der Waals surface area (Å²) >= 11 is 0. The summed E-state index contributed by atoms with van der Waals surface area (Å²) in [4.78, 5) is 28.6. The van der Waals surface area contributed by atoms with Crippen LogP contribution in [0.15, 0.2) is 78.9 Å². The number of carbonyl (C=O) groups excluding carboxylic acids is 2. The summed E-state index contributed by atoms with van der Waals surface area (Å²) in [6, 6.07) is 24.2. The van der Waals surface area contributed by atoms with Crippen molar-refractivity contribution in [3.63, 3.8) is 0 Å². The van der Waals surface area contributed by atoms with Crippen LogP contribution >= 0.6 is 0 Å². The van der Waals surface area contributed by atoms with E-state index in [-0.39, 0.29) is 25.0 Å². The number of ether oxygens (including phenoxy) is 2. The van der Waals surface area contributed by atoms with Crippen molar-refractivity contribution in [1.29, 1.82) is 0 Å². The van der Waals surface area contributed by atoms with Crippen molar-refractivity contribution in [2.45, 2.75) is 45.7 Å². The van der Waals surface area contributed by atoms with Crippen molar-refractivity contribution in [2.75, 3.05) is 20.3 Å². The lowest BCUT2D eigenvalue weighted by Crippen LogP contribution is -2.51. The van der Waals surface area contributed by atoms with Gasteiger partial charge in [0.2, 0.25) is 5.91 Å². The Morgan fingerprint density at radius 2 is 1.64 bits per heavy atom. The van der Waals surface area contributed by atoms with E-state index < -0.39 is 6.04 Å².